The largest absolute Gasteiger partial charge is 0.486 e. The zero-order valence-corrected chi connectivity index (χ0v) is 21.1. The van der Waals surface area contributed by atoms with Gasteiger partial charge in [0.25, 0.3) is 5.56 Å². The Morgan fingerprint density at radius 2 is 1.97 bits per heavy atom. The average molecular weight is 500 g/mol. The third-order valence-electron chi connectivity index (χ3n) is 5.56. The molecule has 186 valence electrons. The number of benzene rings is 1. The standard InChI is InChI=1S/C24H29N5O5S/c1-5-10-29-21-19(23(31)28(4)24(29)32)22(27-20(26-21)14(2)3)35-13-18(30)25-11-15-12-33-16-8-6-7-9-17(16)34-15/h6-9,14-15H,5,10-13H2,1-4H3,(H,25,30)/t15-/m0/s1. The van der Waals surface area contributed by atoms with E-state index in [0.29, 0.717) is 47.6 Å². The molecule has 0 saturated heterocycles. The minimum Gasteiger partial charge on any atom is -0.486 e. The molecule has 1 aliphatic heterocycles. The molecule has 3 heterocycles. The zero-order valence-electron chi connectivity index (χ0n) is 20.2. The van der Waals surface area contributed by atoms with Crippen molar-refractivity contribution in [2.45, 2.75) is 50.8 Å². The average Bonchev–Trinajstić information content (AvgIpc) is 2.86. The second-order valence-corrected chi connectivity index (χ2v) is 9.59. The first-order chi connectivity index (χ1) is 16.8. The van der Waals surface area contributed by atoms with Crippen molar-refractivity contribution >= 4 is 28.7 Å². The first-order valence-electron chi connectivity index (χ1n) is 11.6. The quantitative estimate of drug-likeness (QED) is 0.370. The molecule has 0 spiro atoms. The van der Waals surface area contributed by atoms with Crippen molar-refractivity contribution in [1.82, 2.24) is 24.4 Å². The molecule has 0 saturated carbocycles. The van der Waals surface area contributed by atoms with Crippen molar-refractivity contribution in [2.75, 3.05) is 18.9 Å². The van der Waals surface area contributed by atoms with E-state index in [9.17, 15) is 14.4 Å². The molecule has 2 aromatic heterocycles. The van der Waals surface area contributed by atoms with E-state index in [0.717, 1.165) is 16.3 Å². The third-order valence-corrected chi connectivity index (χ3v) is 6.54. The second-order valence-electron chi connectivity index (χ2n) is 8.63. The van der Waals surface area contributed by atoms with Gasteiger partial charge in [0.2, 0.25) is 5.91 Å². The van der Waals surface area contributed by atoms with Gasteiger partial charge in [0.1, 0.15) is 28.9 Å². The van der Waals surface area contributed by atoms with E-state index in [-0.39, 0.29) is 35.6 Å². The molecule has 11 heteroatoms. The van der Waals surface area contributed by atoms with Gasteiger partial charge in [-0.3, -0.25) is 18.7 Å². The summed E-state index contributed by atoms with van der Waals surface area (Å²) in [5, 5.41) is 3.51. The van der Waals surface area contributed by atoms with E-state index >= 15 is 0 Å². The topological polar surface area (TPSA) is 117 Å². The number of hydrogen-bond acceptors (Lipinski definition) is 8. The molecule has 1 atom stereocenters. The fourth-order valence-corrected chi connectivity index (χ4v) is 4.57. The fourth-order valence-electron chi connectivity index (χ4n) is 3.72. The molecule has 1 aliphatic rings. The highest BCUT2D eigenvalue weighted by Gasteiger charge is 2.23. The van der Waals surface area contributed by atoms with Crippen molar-refractivity contribution in [3.63, 3.8) is 0 Å². The Balaban J connectivity index is 1.53. The van der Waals surface area contributed by atoms with E-state index in [1.807, 2.05) is 45.0 Å². The number of nitrogens with zero attached hydrogens (tertiary/aromatic N) is 4. The highest BCUT2D eigenvalue weighted by Crippen LogP contribution is 2.30. The normalized spacial score (nSPS) is 14.9. The molecule has 1 amide bonds. The lowest BCUT2D eigenvalue weighted by Gasteiger charge is -2.26. The molecular weight excluding hydrogens is 470 g/mol. The number of aryl methyl sites for hydroxylation is 1. The van der Waals surface area contributed by atoms with E-state index in [1.54, 1.807) is 0 Å². The van der Waals surface area contributed by atoms with Crippen LogP contribution in [0.3, 0.4) is 0 Å². The monoisotopic (exact) mass is 499 g/mol. The molecule has 35 heavy (non-hydrogen) atoms. The summed E-state index contributed by atoms with van der Waals surface area (Å²) >= 11 is 1.16. The van der Waals surface area contributed by atoms with E-state index in [1.165, 1.54) is 11.6 Å². The summed E-state index contributed by atoms with van der Waals surface area (Å²) in [6.07, 6.45) is 0.401. The highest BCUT2D eigenvalue weighted by molar-refractivity contribution is 8.00. The van der Waals surface area contributed by atoms with Gasteiger partial charge in [0, 0.05) is 19.5 Å². The maximum atomic E-state index is 13.0. The number of carbonyl (C=O) groups excluding carboxylic acids is 1. The van der Waals surface area contributed by atoms with Crippen LogP contribution in [0.2, 0.25) is 0 Å². The predicted octanol–water partition coefficient (Wildman–Crippen LogP) is 2.07. The van der Waals surface area contributed by atoms with Crippen molar-refractivity contribution in [3.05, 3.63) is 50.9 Å². The van der Waals surface area contributed by atoms with Gasteiger partial charge in [-0.25, -0.2) is 14.8 Å². The molecule has 10 nitrogen and oxygen atoms in total. The maximum Gasteiger partial charge on any atom is 0.332 e. The summed E-state index contributed by atoms with van der Waals surface area (Å²) < 4.78 is 14.1. The lowest BCUT2D eigenvalue weighted by molar-refractivity contribution is -0.119. The second kappa shape index (κ2) is 10.5. The molecule has 0 unspecified atom stereocenters. The summed E-state index contributed by atoms with van der Waals surface area (Å²) in [5.74, 6) is 1.65. The maximum absolute atomic E-state index is 13.0. The lowest BCUT2D eigenvalue weighted by Crippen LogP contribution is -2.41. The minimum atomic E-state index is -0.470. The van der Waals surface area contributed by atoms with Crippen LogP contribution in [-0.2, 0) is 18.4 Å². The number of para-hydroxylation sites is 2. The number of hydrogen-bond donors (Lipinski definition) is 1. The Labute approximate surface area is 206 Å². The SMILES string of the molecule is CCCn1c(=O)n(C)c(=O)c2c(SCC(=O)NC[C@H]3COc4ccccc4O3)nc(C(C)C)nc21. The van der Waals surface area contributed by atoms with Gasteiger partial charge >= 0.3 is 5.69 Å². The number of fused-ring (bicyclic) bond motifs is 2. The van der Waals surface area contributed by atoms with Crippen LogP contribution in [0, 0.1) is 0 Å². The number of carbonyl (C=O) groups is 1. The van der Waals surface area contributed by atoms with Crippen LogP contribution in [0.25, 0.3) is 11.0 Å². The van der Waals surface area contributed by atoms with Gasteiger partial charge in [-0.05, 0) is 18.6 Å². The van der Waals surface area contributed by atoms with Crippen LogP contribution in [-0.4, -0.2) is 50.0 Å². The van der Waals surface area contributed by atoms with Crippen LogP contribution < -0.4 is 26.0 Å². The van der Waals surface area contributed by atoms with Crippen molar-refractivity contribution in [2.24, 2.45) is 7.05 Å². The molecule has 1 aromatic carbocycles. The molecular formula is C24H29N5O5S. The Morgan fingerprint density at radius 1 is 1.23 bits per heavy atom. The molecule has 1 N–H and O–H groups in total. The van der Waals surface area contributed by atoms with Crippen molar-refractivity contribution in [1.29, 1.82) is 0 Å². The van der Waals surface area contributed by atoms with Gasteiger partial charge in [-0.2, -0.15) is 0 Å². The van der Waals surface area contributed by atoms with Crippen LogP contribution >= 0.6 is 11.8 Å². The first kappa shape index (κ1) is 24.8. The first-order valence-corrected chi connectivity index (χ1v) is 12.6. The summed E-state index contributed by atoms with van der Waals surface area (Å²) in [6.45, 7) is 6.88. The minimum absolute atomic E-state index is 0.0202. The van der Waals surface area contributed by atoms with Gasteiger partial charge in [-0.1, -0.05) is 44.7 Å². The van der Waals surface area contributed by atoms with Crippen LogP contribution in [0.4, 0.5) is 0 Å². The smallest absolute Gasteiger partial charge is 0.332 e. The number of thioether (sulfide) groups is 1. The number of amides is 1. The van der Waals surface area contributed by atoms with E-state index in [4.69, 9.17) is 9.47 Å². The Kier molecular flexibility index (Phi) is 7.44. The van der Waals surface area contributed by atoms with Gasteiger partial charge in [0.05, 0.1) is 12.3 Å². The number of rotatable bonds is 8. The molecule has 0 radical (unpaired) electrons. The van der Waals surface area contributed by atoms with Gasteiger partial charge in [0.15, 0.2) is 17.1 Å². The molecule has 0 aliphatic carbocycles. The van der Waals surface area contributed by atoms with Crippen LogP contribution in [0.15, 0.2) is 38.9 Å². The number of ether oxygens (including phenoxy) is 2. The summed E-state index contributed by atoms with van der Waals surface area (Å²) in [6, 6.07) is 7.40. The fraction of sp³-hybridized carbons (Fsp3) is 0.458. The molecule has 0 fully saturated rings. The Bertz CT molecular complexity index is 1370. The summed E-state index contributed by atoms with van der Waals surface area (Å²) in [5.41, 5.74) is -0.572. The number of aromatic nitrogens is 4. The van der Waals surface area contributed by atoms with E-state index in [2.05, 4.69) is 15.3 Å². The highest BCUT2D eigenvalue weighted by atomic mass is 32.2. The van der Waals surface area contributed by atoms with Crippen molar-refractivity contribution < 1.29 is 14.3 Å². The van der Waals surface area contributed by atoms with E-state index < -0.39 is 11.2 Å². The molecule has 4 rings (SSSR count). The zero-order chi connectivity index (χ0) is 25.1. The number of nitrogens with one attached hydrogen (secondary N) is 1. The molecule has 3 aromatic rings. The Morgan fingerprint density at radius 3 is 2.69 bits per heavy atom. The van der Waals surface area contributed by atoms with Crippen molar-refractivity contribution in [3.8, 4) is 11.5 Å². The summed E-state index contributed by atoms with van der Waals surface area (Å²) in [7, 11) is 1.44. The third kappa shape index (κ3) is 5.19. The Hall–Kier alpha value is -3.34. The predicted molar refractivity (Wildman–Crippen MR) is 134 cm³/mol. The lowest BCUT2D eigenvalue weighted by atomic mass is 10.2. The van der Waals surface area contributed by atoms with Crippen LogP contribution in [0.1, 0.15) is 38.9 Å². The van der Waals surface area contributed by atoms with Gasteiger partial charge in [-0.15, -0.1) is 0 Å². The summed E-state index contributed by atoms with van der Waals surface area (Å²) in [4.78, 5) is 47.5. The van der Waals surface area contributed by atoms with Gasteiger partial charge < -0.3 is 14.8 Å². The molecule has 0 bridgehead atoms. The van der Waals surface area contributed by atoms with Crippen LogP contribution in [0.5, 0.6) is 11.5 Å².